The Morgan fingerprint density at radius 2 is 2.06 bits per heavy atom. The van der Waals surface area contributed by atoms with E-state index < -0.39 is 18.2 Å². The zero-order chi connectivity index (χ0) is 11.5. The third kappa shape index (κ3) is 2.46. The molecule has 1 aliphatic heterocycles. The van der Waals surface area contributed by atoms with Gasteiger partial charge in [0.05, 0.1) is 6.04 Å². The van der Waals surface area contributed by atoms with Crippen LogP contribution in [0.1, 0.15) is 38.5 Å². The Morgan fingerprint density at radius 3 is 2.69 bits per heavy atom. The van der Waals surface area contributed by atoms with E-state index in [9.17, 15) is 9.59 Å². The van der Waals surface area contributed by atoms with Gasteiger partial charge in [0.15, 0.2) is 0 Å². The lowest BCUT2D eigenvalue weighted by Gasteiger charge is -2.24. The van der Waals surface area contributed by atoms with Crippen molar-refractivity contribution < 1.29 is 19.4 Å². The molecule has 0 spiro atoms. The fourth-order valence-electron chi connectivity index (χ4n) is 2.65. The number of rotatable bonds is 3. The SMILES string of the molecule is O=C1N[C@@H](CC2CCCCC2)[C@@H](C(=O)O)O1. The van der Waals surface area contributed by atoms with E-state index in [-0.39, 0.29) is 6.04 Å². The smallest absolute Gasteiger partial charge is 0.408 e. The molecule has 2 N–H and O–H groups in total. The number of hydrogen-bond acceptors (Lipinski definition) is 3. The van der Waals surface area contributed by atoms with Gasteiger partial charge in [-0.25, -0.2) is 9.59 Å². The van der Waals surface area contributed by atoms with Gasteiger partial charge in [-0.2, -0.15) is 0 Å². The molecule has 90 valence electrons. The Balaban J connectivity index is 1.91. The van der Waals surface area contributed by atoms with Crippen LogP contribution in [0.4, 0.5) is 4.79 Å². The third-order valence-corrected chi connectivity index (χ3v) is 3.46. The van der Waals surface area contributed by atoms with Crippen LogP contribution in [0.2, 0.25) is 0 Å². The van der Waals surface area contributed by atoms with E-state index in [1.165, 1.54) is 19.3 Å². The summed E-state index contributed by atoms with van der Waals surface area (Å²) in [6.45, 7) is 0. The molecule has 0 unspecified atom stereocenters. The van der Waals surface area contributed by atoms with Crippen molar-refractivity contribution in [2.75, 3.05) is 0 Å². The van der Waals surface area contributed by atoms with Gasteiger partial charge in [-0.1, -0.05) is 32.1 Å². The lowest BCUT2D eigenvalue weighted by atomic mass is 9.84. The van der Waals surface area contributed by atoms with Crippen molar-refractivity contribution in [3.8, 4) is 0 Å². The number of ether oxygens (including phenoxy) is 1. The fourth-order valence-corrected chi connectivity index (χ4v) is 2.65. The monoisotopic (exact) mass is 227 g/mol. The topological polar surface area (TPSA) is 75.6 Å². The van der Waals surface area contributed by atoms with Crippen molar-refractivity contribution in [2.45, 2.75) is 50.7 Å². The molecule has 1 heterocycles. The molecule has 5 nitrogen and oxygen atoms in total. The molecule has 5 heteroatoms. The Morgan fingerprint density at radius 1 is 1.38 bits per heavy atom. The van der Waals surface area contributed by atoms with Crippen LogP contribution in [0, 0.1) is 5.92 Å². The van der Waals surface area contributed by atoms with Gasteiger partial charge in [0.2, 0.25) is 6.10 Å². The van der Waals surface area contributed by atoms with E-state index in [1.54, 1.807) is 0 Å². The predicted molar refractivity (Wildman–Crippen MR) is 56.0 cm³/mol. The Bertz CT molecular complexity index is 286. The van der Waals surface area contributed by atoms with Crippen LogP contribution in [0.3, 0.4) is 0 Å². The molecule has 0 aromatic rings. The first kappa shape index (κ1) is 11.2. The van der Waals surface area contributed by atoms with Crippen molar-refractivity contribution in [3.05, 3.63) is 0 Å². The van der Waals surface area contributed by atoms with Gasteiger partial charge in [-0.05, 0) is 12.3 Å². The zero-order valence-corrected chi connectivity index (χ0v) is 9.15. The summed E-state index contributed by atoms with van der Waals surface area (Å²) < 4.78 is 4.73. The normalized spacial score (nSPS) is 30.9. The number of carboxylic acid groups (broad SMARTS) is 1. The summed E-state index contributed by atoms with van der Waals surface area (Å²) in [6, 6.07) is -0.354. The highest BCUT2D eigenvalue weighted by Gasteiger charge is 2.40. The van der Waals surface area contributed by atoms with Crippen molar-refractivity contribution in [2.24, 2.45) is 5.92 Å². The molecule has 2 fully saturated rings. The number of alkyl carbamates (subject to hydrolysis) is 1. The van der Waals surface area contributed by atoms with Gasteiger partial charge >= 0.3 is 12.1 Å². The maximum absolute atomic E-state index is 11.0. The number of carbonyl (C=O) groups excluding carboxylic acids is 1. The number of amides is 1. The Labute approximate surface area is 94.2 Å². The highest BCUT2D eigenvalue weighted by molar-refractivity contribution is 5.82. The van der Waals surface area contributed by atoms with E-state index in [2.05, 4.69) is 5.32 Å². The molecule has 1 saturated heterocycles. The van der Waals surface area contributed by atoms with Crippen molar-refractivity contribution >= 4 is 12.1 Å². The minimum Gasteiger partial charge on any atom is -0.478 e. The molecule has 0 aromatic carbocycles. The molecule has 2 rings (SSSR count). The van der Waals surface area contributed by atoms with Crippen LogP contribution in [-0.4, -0.2) is 29.3 Å². The molecule has 1 saturated carbocycles. The summed E-state index contributed by atoms with van der Waals surface area (Å²) in [6.07, 6.45) is 5.09. The molecular formula is C11H17NO4. The van der Waals surface area contributed by atoms with Crippen molar-refractivity contribution in [1.82, 2.24) is 5.32 Å². The third-order valence-electron chi connectivity index (χ3n) is 3.46. The van der Waals surface area contributed by atoms with Crippen molar-refractivity contribution in [3.63, 3.8) is 0 Å². The molecular weight excluding hydrogens is 210 g/mol. The number of carboxylic acids is 1. The van der Waals surface area contributed by atoms with Crippen LogP contribution in [-0.2, 0) is 9.53 Å². The van der Waals surface area contributed by atoms with Crippen molar-refractivity contribution in [1.29, 1.82) is 0 Å². The Kier molecular flexibility index (Phi) is 3.31. The minimum atomic E-state index is -1.06. The summed E-state index contributed by atoms with van der Waals surface area (Å²) in [5.74, 6) is -0.526. The quantitative estimate of drug-likeness (QED) is 0.766. The molecule has 0 radical (unpaired) electrons. The van der Waals surface area contributed by atoms with Gasteiger partial charge in [-0.15, -0.1) is 0 Å². The largest absolute Gasteiger partial charge is 0.478 e. The average Bonchev–Trinajstić information content (AvgIpc) is 2.61. The fraction of sp³-hybridized carbons (Fsp3) is 0.818. The van der Waals surface area contributed by atoms with Crippen LogP contribution in [0.25, 0.3) is 0 Å². The zero-order valence-electron chi connectivity index (χ0n) is 9.15. The molecule has 0 bridgehead atoms. The van der Waals surface area contributed by atoms with Crippen LogP contribution < -0.4 is 5.32 Å². The summed E-state index contributed by atoms with van der Waals surface area (Å²) in [5.41, 5.74) is 0. The highest BCUT2D eigenvalue weighted by atomic mass is 16.6. The Hall–Kier alpha value is -1.26. The molecule has 0 aromatic heterocycles. The number of aliphatic carboxylic acids is 1. The molecule has 1 aliphatic carbocycles. The van der Waals surface area contributed by atoms with Gasteiger partial charge in [0.25, 0.3) is 0 Å². The number of cyclic esters (lactones) is 1. The molecule has 2 aliphatic rings. The van der Waals surface area contributed by atoms with Gasteiger partial charge in [0.1, 0.15) is 0 Å². The number of nitrogens with one attached hydrogen (secondary N) is 1. The molecule has 16 heavy (non-hydrogen) atoms. The van der Waals surface area contributed by atoms with E-state index in [1.807, 2.05) is 0 Å². The molecule has 2 atom stereocenters. The summed E-state index contributed by atoms with van der Waals surface area (Å²) in [7, 11) is 0. The first-order valence-electron chi connectivity index (χ1n) is 5.87. The van der Waals surface area contributed by atoms with E-state index in [0.29, 0.717) is 5.92 Å². The minimum absolute atomic E-state index is 0.354. The highest BCUT2D eigenvalue weighted by Crippen LogP contribution is 2.29. The first-order valence-corrected chi connectivity index (χ1v) is 5.87. The van der Waals surface area contributed by atoms with Crippen LogP contribution >= 0.6 is 0 Å². The second kappa shape index (κ2) is 4.72. The summed E-state index contributed by atoms with van der Waals surface area (Å²) >= 11 is 0. The summed E-state index contributed by atoms with van der Waals surface area (Å²) in [4.78, 5) is 21.9. The standard InChI is InChI=1S/C11H17NO4/c13-10(14)9-8(12-11(15)16-9)6-7-4-2-1-3-5-7/h7-9H,1-6H2,(H,12,15)(H,13,14)/t8-,9-/m0/s1. The second-order valence-electron chi connectivity index (χ2n) is 4.65. The number of hydrogen-bond donors (Lipinski definition) is 2. The van der Waals surface area contributed by atoms with E-state index in [0.717, 1.165) is 19.3 Å². The molecule has 1 amide bonds. The predicted octanol–water partition coefficient (Wildman–Crippen LogP) is 1.52. The van der Waals surface area contributed by atoms with Gasteiger partial charge in [0, 0.05) is 0 Å². The van der Waals surface area contributed by atoms with Gasteiger partial charge < -0.3 is 15.2 Å². The lowest BCUT2D eigenvalue weighted by molar-refractivity contribution is -0.146. The maximum Gasteiger partial charge on any atom is 0.408 e. The lowest BCUT2D eigenvalue weighted by Crippen LogP contribution is -2.38. The average molecular weight is 227 g/mol. The van der Waals surface area contributed by atoms with E-state index in [4.69, 9.17) is 9.84 Å². The first-order chi connectivity index (χ1) is 7.66. The second-order valence-corrected chi connectivity index (χ2v) is 4.65. The van der Waals surface area contributed by atoms with Crippen LogP contribution in [0.5, 0.6) is 0 Å². The number of carbonyl (C=O) groups is 2. The maximum atomic E-state index is 11.0. The van der Waals surface area contributed by atoms with Gasteiger partial charge in [-0.3, -0.25) is 0 Å². The summed E-state index contributed by atoms with van der Waals surface area (Å²) in [5, 5.41) is 11.5. The van der Waals surface area contributed by atoms with E-state index >= 15 is 0 Å². The van der Waals surface area contributed by atoms with Crippen LogP contribution in [0.15, 0.2) is 0 Å².